The number of aromatic amines is 1. The second-order valence-electron chi connectivity index (χ2n) is 7.65. The van der Waals surface area contributed by atoms with Crippen LogP contribution in [0.3, 0.4) is 0 Å². The fraction of sp³-hybridized carbons (Fsp3) is 0.364. The van der Waals surface area contributed by atoms with Gasteiger partial charge in [-0.3, -0.25) is 9.59 Å². The minimum absolute atomic E-state index is 0.0184. The van der Waals surface area contributed by atoms with E-state index in [1.165, 1.54) is 22.9 Å². The van der Waals surface area contributed by atoms with Gasteiger partial charge in [0.1, 0.15) is 0 Å². The Morgan fingerprint density at radius 3 is 2.86 bits per heavy atom. The lowest BCUT2D eigenvalue weighted by Crippen LogP contribution is -2.31. The fourth-order valence-electron chi connectivity index (χ4n) is 3.81. The lowest BCUT2D eigenvalue weighted by atomic mass is 9.92. The van der Waals surface area contributed by atoms with E-state index in [0.717, 1.165) is 30.5 Å². The van der Waals surface area contributed by atoms with Crippen LogP contribution in [0.1, 0.15) is 53.4 Å². The van der Waals surface area contributed by atoms with Gasteiger partial charge in [0.25, 0.3) is 5.56 Å². The number of aromatic nitrogens is 4. The van der Waals surface area contributed by atoms with Gasteiger partial charge in [0.15, 0.2) is 0 Å². The Morgan fingerprint density at radius 1 is 1.24 bits per heavy atom. The largest absolute Gasteiger partial charge is 0.349 e. The first kappa shape index (κ1) is 19.1. The molecule has 3 aromatic rings. The van der Waals surface area contributed by atoms with Gasteiger partial charge in [-0.05, 0) is 62.4 Å². The summed E-state index contributed by atoms with van der Waals surface area (Å²) in [6.45, 7) is 4.21. The molecule has 1 amide bonds. The minimum Gasteiger partial charge on any atom is -0.349 e. The lowest BCUT2D eigenvalue weighted by Gasteiger charge is -2.24. The predicted octanol–water partition coefficient (Wildman–Crippen LogP) is 2.70. The summed E-state index contributed by atoms with van der Waals surface area (Å²) >= 11 is 0. The number of benzene rings is 1. The number of nitrogens with zero attached hydrogens (tertiary/aromatic N) is 3. The maximum absolute atomic E-state index is 12.5. The van der Waals surface area contributed by atoms with Crippen molar-refractivity contribution >= 4 is 5.91 Å². The molecule has 150 valence electrons. The van der Waals surface area contributed by atoms with E-state index >= 15 is 0 Å². The molecule has 4 rings (SSSR count). The van der Waals surface area contributed by atoms with E-state index in [0.29, 0.717) is 18.5 Å². The highest BCUT2D eigenvalue weighted by Gasteiger charge is 2.26. The zero-order valence-corrected chi connectivity index (χ0v) is 16.7. The predicted molar refractivity (Wildman–Crippen MR) is 110 cm³/mol. The summed E-state index contributed by atoms with van der Waals surface area (Å²) in [6, 6.07) is 9.42. The van der Waals surface area contributed by atoms with Gasteiger partial charge in [-0.1, -0.05) is 6.07 Å². The third-order valence-corrected chi connectivity index (χ3v) is 5.60. The van der Waals surface area contributed by atoms with Crippen LogP contribution in [-0.2, 0) is 17.6 Å². The Labute approximate surface area is 169 Å². The molecular weight excluding hydrogens is 366 g/mol. The van der Waals surface area contributed by atoms with Crippen molar-refractivity contribution in [2.24, 2.45) is 0 Å². The first-order valence-electron chi connectivity index (χ1n) is 9.99. The number of aryl methyl sites for hydroxylation is 3. The molecule has 29 heavy (non-hydrogen) atoms. The van der Waals surface area contributed by atoms with Gasteiger partial charge in [-0.15, -0.1) is 0 Å². The molecular formula is C22H25N5O2. The summed E-state index contributed by atoms with van der Waals surface area (Å²) in [5, 5.41) is 14.1. The Kier molecular flexibility index (Phi) is 5.29. The Morgan fingerprint density at radius 2 is 2.10 bits per heavy atom. The van der Waals surface area contributed by atoms with E-state index < -0.39 is 0 Å². The van der Waals surface area contributed by atoms with Crippen molar-refractivity contribution < 1.29 is 4.79 Å². The van der Waals surface area contributed by atoms with Gasteiger partial charge in [0.05, 0.1) is 23.6 Å². The highest BCUT2D eigenvalue weighted by Crippen LogP contribution is 2.31. The average Bonchev–Trinajstić information content (AvgIpc) is 3.15. The SMILES string of the molecule is Cc1ccc(-n2ncc3c2CCCC3NC(=O)CCc2ccc(=O)[nH]n2)cc1C. The van der Waals surface area contributed by atoms with Gasteiger partial charge in [0, 0.05) is 30.2 Å². The molecule has 2 N–H and O–H groups in total. The Hall–Kier alpha value is -3.22. The van der Waals surface area contributed by atoms with Crippen LogP contribution in [0.15, 0.2) is 41.3 Å². The number of carbonyl (C=O) groups is 1. The molecule has 1 aliphatic carbocycles. The maximum Gasteiger partial charge on any atom is 0.264 e. The highest BCUT2D eigenvalue weighted by atomic mass is 16.1. The maximum atomic E-state index is 12.5. The Bertz CT molecular complexity index is 1080. The topological polar surface area (TPSA) is 92.7 Å². The van der Waals surface area contributed by atoms with Gasteiger partial charge >= 0.3 is 0 Å². The molecule has 1 aromatic carbocycles. The number of H-pyrrole nitrogens is 1. The summed E-state index contributed by atoms with van der Waals surface area (Å²) in [4.78, 5) is 23.6. The average molecular weight is 391 g/mol. The van der Waals surface area contributed by atoms with Crippen molar-refractivity contribution in [1.82, 2.24) is 25.3 Å². The molecule has 0 aliphatic heterocycles. The summed E-state index contributed by atoms with van der Waals surface area (Å²) in [7, 11) is 0. The van der Waals surface area contributed by atoms with E-state index in [-0.39, 0.29) is 17.5 Å². The number of hydrogen-bond donors (Lipinski definition) is 2. The molecule has 1 unspecified atom stereocenters. The van der Waals surface area contributed by atoms with Crippen molar-refractivity contribution in [2.75, 3.05) is 0 Å². The van der Waals surface area contributed by atoms with E-state index in [1.807, 2.05) is 10.9 Å². The van der Waals surface area contributed by atoms with Gasteiger partial charge in [0.2, 0.25) is 5.91 Å². The van der Waals surface area contributed by atoms with Crippen molar-refractivity contribution in [1.29, 1.82) is 0 Å². The van der Waals surface area contributed by atoms with E-state index in [2.05, 4.69) is 52.7 Å². The second-order valence-corrected chi connectivity index (χ2v) is 7.65. The molecule has 0 radical (unpaired) electrons. The zero-order chi connectivity index (χ0) is 20.4. The molecule has 7 heteroatoms. The molecule has 1 atom stereocenters. The summed E-state index contributed by atoms with van der Waals surface area (Å²) in [5.74, 6) is -0.0187. The number of carbonyl (C=O) groups excluding carboxylic acids is 1. The van der Waals surface area contributed by atoms with Crippen molar-refractivity contribution in [2.45, 2.75) is 52.0 Å². The van der Waals surface area contributed by atoms with Crippen LogP contribution in [0.4, 0.5) is 0 Å². The van der Waals surface area contributed by atoms with Crippen LogP contribution in [0, 0.1) is 13.8 Å². The number of hydrogen-bond acceptors (Lipinski definition) is 4. The molecule has 0 bridgehead atoms. The van der Waals surface area contributed by atoms with Crippen molar-refractivity contribution in [3.8, 4) is 5.69 Å². The molecule has 0 fully saturated rings. The minimum atomic E-state index is -0.242. The molecule has 2 heterocycles. The van der Waals surface area contributed by atoms with E-state index in [4.69, 9.17) is 0 Å². The summed E-state index contributed by atoms with van der Waals surface area (Å²) in [6.07, 6.45) is 5.58. The second kappa shape index (κ2) is 8.03. The number of fused-ring (bicyclic) bond motifs is 1. The van der Waals surface area contributed by atoms with Crippen LogP contribution in [0.5, 0.6) is 0 Å². The molecule has 0 saturated carbocycles. The molecule has 0 spiro atoms. The number of nitrogens with one attached hydrogen (secondary N) is 2. The molecule has 2 aromatic heterocycles. The molecule has 0 saturated heterocycles. The van der Waals surface area contributed by atoms with Crippen LogP contribution in [0.2, 0.25) is 0 Å². The standard InChI is InChI=1S/C22H25N5O2/c1-14-6-9-17(12-15(14)2)27-20-5-3-4-19(18(20)13-23-27)24-21(28)10-7-16-8-11-22(29)26-25-16/h6,8-9,11-13,19H,3-5,7,10H2,1-2H3,(H,24,28)(H,26,29). The van der Waals surface area contributed by atoms with Crippen LogP contribution >= 0.6 is 0 Å². The fourth-order valence-corrected chi connectivity index (χ4v) is 3.81. The van der Waals surface area contributed by atoms with E-state index in [9.17, 15) is 9.59 Å². The lowest BCUT2D eigenvalue weighted by molar-refractivity contribution is -0.121. The Balaban J connectivity index is 1.46. The van der Waals surface area contributed by atoms with Gasteiger partial charge in [-0.2, -0.15) is 10.2 Å². The van der Waals surface area contributed by atoms with Crippen molar-refractivity contribution in [3.05, 3.63) is 75.0 Å². The molecule has 1 aliphatic rings. The number of rotatable bonds is 5. The van der Waals surface area contributed by atoms with E-state index in [1.54, 1.807) is 6.07 Å². The normalized spacial score (nSPS) is 15.7. The number of amides is 1. The van der Waals surface area contributed by atoms with Crippen molar-refractivity contribution in [3.63, 3.8) is 0 Å². The zero-order valence-electron chi connectivity index (χ0n) is 16.7. The third-order valence-electron chi connectivity index (χ3n) is 5.60. The highest BCUT2D eigenvalue weighted by molar-refractivity contribution is 5.76. The first-order valence-corrected chi connectivity index (χ1v) is 9.99. The van der Waals surface area contributed by atoms with Crippen LogP contribution < -0.4 is 10.9 Å². The van der Waals surface area contributed by atoms with Gasteiger partial charge in [-0.25, -0.2) is 9.78 Å². The molecule has 7 nitrogen and oxygen atoms in total. The summed E-state index contributed by atoms with van der Waals surface area (Å²) in [5.41, 5.74) is 6.29. The summed E-state index contributed by atoms with van der Waals surface area (Å²) < 4.78 is 2.00. The van der Waals surface area contributed by atoms with Gasteiger partial charge < -0.3 is 5.32 Å². The first-order chi connectivity index (χ1) is 14.0. The van der Waals surface area contributed by atoms with Crippen LogP contribution in [-0.4, -0.2) is 25.9 Å². The van der Waals surface area contributed by atoms with Crippen LogP contribution in [0.25, 0.3) is 5.69 Å². The third kappa shape index (κ3) is 4.13. The smallest absolute Gasteiger partial charge is 0.264 e. The monoisotopic (exact) mass is 391 g/mol. The quantitative estimate of drug-likeness (QED) is 0.699.